The molecular formula is C47H69N5O8Si3. The summed E-state index contributed by atoms with van der Waals surface area (Å²) in [5.41, 5.74) is 4.45. The fourth-order valence-electron chi connectivity index (χ4n) is 8.72. The number of esters is 1. The highest BCUT2D eigenvalue weighted by atomic mass is 28.5. The predicted octanol–water partition coefficient (Wildman–Crippen LogP) is 9.81. The van der Waals surface area contributed by atoms with Crippen LogP contribution in [0.5, 0.6) is 5.75 Å². The van der Waals surface area contributed by atoms with Crippen molar-refractivity contribution in [2.24, 2.45) is 11.8 Å². The molecule has 3 atom stereocenters. The number of nitrogens with zero attached hydrogens (tertiary/aromatic N) is 5. The zero-order chi connectivity index (χ0) is 46.3. The van der Waals surface area contributed by atoms with Crippen molar-refractivity contribution in [3.05, 3.63) is 89.0 Å². The van der Waals surface area contributed by atoms with Gasteiger partial charge in [0.1, 0.15) is 16.7 Å². The van der Waals surface area contributed by atoms with Gasteiger partial charge in [-0.05, 0) is 124 Å². The summed E-state index contributed by atoms with van der Waals surface area (Å²) in [5.74, 6) is -3.68. The van der Waals surface area contributed by atoms with Crippen molar-refractivity contribution >= 4 is 60.1 Å². The molecule has 1 aromatic heterocycles. The molecule has 0 bridgehead atoms. The van der Waals surface area contributed by atoms with Gasteiger partial charge in [-0.25, -0.2) is 4.79 Å². The fraction of sp³-hybridized carbons (Fsp3) is 0.511. The molecule has 0 radical (unpaired) electrons. The minimum atomic E-state index is -2.66. The Labute approximate surface area is 377 Å². The number of hydroxylamine groups is 2. The highest BCUT2D eigenvalue weighted by molar-refractivity contribution is 6.87. The van der Waals surface area contributed by atoms with Crippen LogP contribution in [0.4, 0.5) is 0 Å². The van der Waals surface area contributed by atoms with Gasteiger partial charge in [0.25, 0.3) is 5.85 Å². The average Bonchev–Trinajstić information content (AvgIpc) is 3.71. The van der Waals surface area contributed by atoms with Crippen LogP contribution in [-0.2, 0) is 38.6 Å². The number of aromatic nitrogens is 3. The van der Waals surface area contributed by atoms with E-state index in [4.69, 9.17) is 32.7 Å². The van der Waals surface area contributed by atoms with Gasteiger partial charge in [0.2, 0.25) is 0 Å². The third kappa shape index (κ3) is 12.5. The number of unbranched alkanes of at least 4 members (excludes halogenated alkanes) is 1. The van der Waals surface area contributed by atoms with E-state index in [1.165, 1.54) is 23.9 Å². The summed E-state index contributed by atoms with van der Waals surface area (Å²) >= 11 is 0. The average molecular weight is 916 g/mol. The van der Waals surface area contributed by atoms with Gasteiger partial charge in [0.05, 0.1) is 13.5 Å². The third-order valence-electron chi connectivity index (χ3n) is 11.0. The quantitative estimate of drug-likeness (QED) is 0.0247. The first-order chi connectivity index (χ1) is 29.6. The van der Waals surface area contributed by atoms with E-state index in [9.17, 15) is 9.59 Å². The predicted molar refractivity (Wildman–Crippen MR) is 255 cm³/mol. The zero-order valence-electron chi connectivity index (χ0n) is 39.7. The van der Waals surface area contributed by atoms with E-state index < -0.39 is 48.8 Å². The number of ether oxygens (including phenoxy) is 2. The van der Waals surface area contributed by atoms with Crippen LogP contribution in [0.25, 0.3) is 22.8 Å². The van der Waals surface area contributed by atoms with Gasteiger partial charge in [-0.2, -0.15) is 5.06 Å². The van der Waals surface area contributed by atoms with Crippen molar-refractivity contribution < 1.29 is 36.9 Å². The number of methoxy groups -OCH3 is 1. The fourth-order valence-corrected chi connectivity index (χ4v) is 21.7. The normalized spacial score (nSPS) is 17.5. The molecule has 63 heavy (non-hydrogen) atoms. The molecule has 1 aliphatic heterocycles. The maximum atomic E-state index is 15.2. The summed E-state index contributed by atoms with van der Waals surface area (Å²) in [6.07, 6.45) is 5.59. The molecule has 342 valence electrons. The van der Waals surface area contributed by atoms with Crippen LogP contribution in [0.1, 0.15) is 69.6 Å². The summed E-state index contributed by atoms with van der Waals surface area (Å²) in [6.45, 7) is 24.0. The highest BCUT2D eigenvalue weighted by Gasteiger charge is 2.59. The Bertz CT molecular complexity index is 2210. The number of hydrogen-bond acceptors (Lipinski definition) is 10. The van der Waals surface area contributed by atoms with Crippen molar-refractivity contribution in [1.29, 1.82) is 0 Å². The maximum absolute atomic E-state index is 15.2. The summed E-state index contributed by atoms with van der Waals surface area (Å²) in [6, 6.07) is 21.7. The molecule has 0 spiro atoms. The zero-order valence-corrected chi connectivity index (χ0v) is 42.7. The number of carbonyl (C=O) groups is 3. The second kappa shape index (κ2) is 20.7. The topological polar surface area (TPSA) is 135 Å². The first-order valence-electron chi connectivity index (χ1n) is 22.2. The molecule has 1 saturated heterocycles. The smallest absolute Gasteiger partial charge is 0.340 e. The summed E-state index contributed by atoms with van der Waals surface area (Å²) < 4.78 is 26.7. The lowest BCUT2D eigenvalue weighted by molar-refractivity contribution is -0.299. The summed E-state index contributed by atoms with van der Waals surface area (Å²) in [4.78, 5) is 51.4. The largest absolute Gasteiger partial charge is 0.437 e. The van der Waals surface area contributed by atoms with Crippen LogP contribution in [0.3, 0.4) is 0 Å². The first kappa shape index (κ1) is 49.7. The Kier molecular flexibility index (Phi) is 16.3. The molecule has 1 fully saturated rings. The van der Waals surface area contributed by atoms with Gasteiger partial charge in [0, 0.05) is 19.2 Å². The first-order valence-corrected chi connectivity index (χ1v) is 31.6. The summed E-state index contributed by atoms with van der Waals surface area (Å²) in [5, 5.41) is 10.6. The lowest BCUT2D eigenvalue weighted by Gasteiger charge is -2.41. The Balaban J connectivity index is 1.64. The van der Waals surface area contributed by atoms with Crippen LogP contribution in [0.2, 0.25) is 51.9 Å². The molecule has 4 aromatic rings. The van der Waals surface area contributed by atoms with Crippen LogP contribution < -0.4 is 4.74 Å². The molecule has 3 unspecified atom stereocenters. The second-order valence-electron chi connectivity index (χ2n) is 19.0. The standard InChI is InChI=1S/C47H69N5O8Si3/c1-14-16-22-36(15-2)32-50-44(53)45(54)51(57-6)47(50,56-5)31-39(30-37-23-18-17-19-24-37)46(55)58-43-38(28-35(4)33-63(13,59-61(7,8)9)60-62(10,11)12)27-34(3)29-42(43)52-48-40-25-20-21-26-41(40)49-52/h17-21,23-27,29-30,35-36H,14-16,22,28,31-33H2,1-13H3. The Morgan fingerprint density at radius 1 is 0.857 bits per heavy atom. The number of fused-ring (bicyclic) bond motifs is 1. The molecule has 13 nitrogen and oxygen atoms in total. The van der Waals surface area contributed by atoms with E-state index >= 15 is 4.79 Å². The van der Waals surface area contributed by atoms with Crippen LogP contribution in [0.15, 0.2) is 72.3 Å². The van der Waals surface area contributed by atoms with Gasteiger partial charge < -0.3 is 17.7 Å². The molecule has 5 rings (SSSR count). The summed E-state index contributed by atoms with van der Waals surface area (Å²) in [7, 11) is -3.87. The van der Waals surface area contributed by atoms with Crippen LogP contribution in [0, 0.1) is 18.8 Å². The highest BCUT2D eigenvalue weighted by Crippen LogP contribution is 2.40. The van der Waals surface area contributed by atoms with Crippen molar-refractivity contribution in [3.63, 3.8) is 0 Å². The SMILES string of the molecule is CCCCC(CC)CN1C(=O)C(=O)N(OC)C1(CC(=Cc1ccccc1)C(=O)Oc1c(CC(C)C[Si](C)(O[Si](C)(C)C)O[Si](C)(C)C)cc(C)cc1-n1nc2ccccc2n1)OC. The van der Waals surface area contributed by atoms with Crippen LogP contribution in [-0.4, -0.2) is 94.5 Å². The minimum Gasteiger partial charge on any atom is -0.437 e. The number of carbonyl (C=O) groups excluding carboxylic acids is 3. The van der Waals surface area contributed by atoms with Gasteiger partial charge in [-0.3, -0.25) is 19.3 Å². The molecule has 0 aliphatic carbocycles. The lowest BCUT2D eigenvalue weighted by atomic mass is 9.97. The molecule has 2 amide bonds. The molecular weight excluding hydrogens is 847 g/mol. The van der Waals surface area contributed by atoms with Crippen molar-refractivity contribution in [2.45, 2.75) is 124 Å². The second-order valence-corrected chi connectivity index (χ2v) is 31.8. The Hall–Kier alpha value is -4.30. The van der Waals surface area contributed by atoms with E-state index in [0.717, 1.165) is 47.9 Å². The maximum Gasteiger partial charge on any atom is 0.340 e. The van der Waals surface area contributed by atoms with E-state index in [1.807, 2.05) is 73.7 Å². The number of benzene rings is 3. The Morgan fingerprint density at radius 3 is 2.00 bits per heavy atom. The van der Waals surface area contributed by atoms with Crippen molar-refractivity contribution in [2.75, 3.05) is 20.8 Å². The van der Waals surface area contributed by atoms with E-state index in [2.05, 4.69) is 66.6 Å². The van der Waals surface area contributed by atoms with Crippen LogP contribution >= 0.6 is 0 Å². The number of amides is 2. The third-order valence-corrected chi connectivity index (χ3v) is 20.8. The van der Waals surface area contributed by atoms with Gasteiger partial charge in [-0.15, -0.1) is 15.0 Å². The van der Waals surface area contributed by atoms with E-state index in [0.29, 0.717) is 34.5 Å². The van der Waals surface area contributed by atoms with Gasteiger partial charge in [0.15, 0.2) is 22.4 Å². The number of rotatable bonds is 22. The number of aryl methyl sites for hydroxylation is 1. The molecule has 2 heterocycles. The van der Waals surface area contributed by atoms with E-state index in [1.54, 1.807) is 6.08 Å². The lowest BCUT2D eigenvalue weighted by Crippen LogP contribution is -2.57. The molecule has 16 heteroatoms. The molecule has 0 N–H and O–H groups in total. The molecule has 1 aliphatic rings. The van der Waals surface area contributed by atoms with Crippen molar-refractivity contribution in [3.8, 4) is 11.4 Å². The van der Waals surface area contributed by atoms with Gasteiger partial charge in [-0.1, -0.05) is 88.6 Å². The van der Waals surface area contributed by atoms with Crippen molar-refractivity contribution in [1.82, 2.24) is 25.0 Å². The molecule has 0 saturated carbocycles. The number of hydrogen-bond donors (Lipinski definition) is 0. The minimum absolute atomic E-state index is 0.0702. The van der Waals surface area contributed by atoms with E-state index in [-0.39, 0.29) is 30.4 Å². The van der Waals surface area contributed by atoms with Gasteiger partial charge >= 0.3 is 26.3 Å². The Morgan fingerprint density at radius 2 is 1.46 bits per heavy atom. The molecule has 3 aromatic carbocycles. The monoisotopic (exact) mass is 915 g/mol.